The number of nitrogens with zero attached hydrogens (tertiary/aromatic N) is 4. The van der Waals surface area contributed by atoms with Gasteiger partial charge in [-0.25, -0.2) is 9.37 Å². The van der Waals surface area contributed by atoms with Crippen molar-refractivity contribution in [3.05, 3.63) is 47.8 Å². The van der Waals surface area contributed by atoms with Gasteiger partial charge in [-0.1, -0.05) is 6.07 Å². The van der Waals surface area contributed by atoms with Crippen LogP contribution in [0.1, 0.15) is 30.3 Å². The van der Waals surface area contributed by atoms with Crippen LogP contribution in [-0.2, 0) is 13.6 Å². The first kappa shape index (κ1) is 13.5. The first-order valence-corrected chi connectivity index (χ1v) is 7.56. The molecule has 1 fully saturated rings. The highest BCUT2D eigenvalue weighted by Crippen LogP contribution is 2.32. The summed E-state index contributed by atoms with van der Waals surface area (Å²) in [6, 6.07) is 5.37. The molecule has 1 aliphatic rings. The first-order valence-electron chi connectivity index (χ1n) is 7.56. The standard InChI is InChI=1S/C16H18FN5/c1-21-9-11(8-18-21)14-6-3-7-22(14)10-15-19-13-5-2-4-12(17)16(13)20-15/h2,4-5,8-9,14H,3,6-7,10H2,1H3,(H,19,20)/t14-/m0/s1. The number of para-hydroxylation sites is 1. The van der Waals surface area contributed by atoms with E-state index in [-0.39, 0.29) is 5.82 Å². The Balaban J connectivity index is 1.59. The number of benzene rings is 1. The minimum Gasteiger partial charge on any atom is -0.341 e. The van der Waals surface area contributed by atoms with Gasteiger partial charge in [0.1, 0.15) is 11.3 Å². The molecule has 0 spiro atoms. The van der Waals surface area contributed by atoms with Crippen molar-refractivity contribution in [2.75, 3.05) is 6.54 Å². The zero-order valence-corrected chi connectivity index (χ0v) is 12.5. The number of hydrogen-bond acceptors (Lipinski definition) is 3. The van der Waals surface area contributed by atoms with Crippen LogP contribution in [0.25, 0.3) is 11.0 Å². The summed E-state index contributed by atoms with van der Waals surface area (Å²) >= 11 is 0. The second-order valence-electron chi connectivity index (χ2n) is 5.90. The predicted octanol–water partition coefficient (Wildman–Crippen LogP) is 2.77. The van der Waals surface area contributed by atoms with Crippen molar-refractivity contribution in [3.63, 3.8) is 0 Å². The monoisotopic (exact) mass is 299 g/mol. The van der Waals surface area contributed by atoms with Crippen molar-refractivity contribution >= 4 is 11.0 Å². The number of aromatic amines is 1. The summed E-state index contributed by atoms with van der Waals surface area (Å²) in [7, 11) is 1.94. The van der Waals surface area contributed by atoms with E-state index >= 15 is 0 Å². The molecule has 3 heterocycles. The van der Waals surface area contributed by atoms with E-state index in [9.17, 15) is 4.39 Å². The maximum Gasteiger partial charge on any atom is 0.151 e. The third-order valence-corrected chi connectivity index (χ3v) is 4.34. The number of nitrogens with one attached hydrogen (secondary N) is 1. The zero-order chi connectivity index (χ0) is 15.1. The van der Waals surface area contributed by atoms with Crippen molar-refractivity contribution in [2.45, 2.75) is 25.4 Å². The Kier molecular flexibility index (Phi) is 3.18. The summed E-state index contributed by atoms with van der Waals surface area (Å²) in [5.74, 6) is 0.543. The Morgan fingerprint density at radius 1 is 1.41 bits per heavy atom. The Hall–Kier alpha value is -2.21. The molecule has 0 saturated carbocycles. The summed E-state index contributed by atoms with van der Waals surface area (Å²) in [6.07, 6.45) is 6.29. The summed E-state index contributed by atoms with van der Waals surface area (Å²) < 4.78 is 15.6. The van der Waals surface area contributed by atoms with Crippen LogP contribution < -0.4 is 0 Å². The van der Waals surface area contributed by atoms with Gasteiger partial charge in [-0.3, -0.25) is 9.58 Å². The van der Waals surface area contributed by atoms with Gasteiger partial charge in [0, 0.05) is 24.8 Å². The molecule has 0 bridgehead atoms. The highest BCUT2D eigenvalue weighted by atomic mass is 19.1. The molecule has 6 heteroatoms. The molecule has 0 amide bonds. The molecule has 0 radical (unpaired) electrons. The molecule has 1 aliphatic heterocycles. The Labute approximate surface area is 127 Å². The molecular weight excluding hydrogens is 281 g/mol. The van der Waals surface area contributed by atoms with Crippen molar-refractivity contribution in [3.8, 4) is 0 Å². The van der Waals surface area contributed by atoms with E-state index in [0.29, 0.717) is 18.1 Å². The van der Waals surface area contributed by atoms with E-state index in [1.807, 2.05) is 24.0 Å². The lowest BCUT2D eigenvalue weighted by atomic mass is 10.1. The minimum atomic E-state index is -0.273. The second-order valence-corrected chi connectivity index (χ2v) is 5.90. The van der Waals surface area contributed by atoms with Crippen LogP contribution >= 0.6 is 0 Å². The average Bonchev–Trinajstić information content (AvgIpc) is 3.19. The number of aromatic nitrogens is 4. The quantitative estimate of drug-likeness (QED) is 0.809. The van der Waals surface area contributed by atoms with Crippen molar-refractivity contribution in [1.29, 1.82) is 0 Å². The van der Waals surface area contributed by atoms with E-state index in [4.69, 9.17) is 0 Å². The average molecular weight is 299 g/mol. The lowest BCUT2D eigenvalue weighted by Crippen LogP contribution is -2.23. The topological polar surface area (TPSA) is 49.7 Å². The maximum absolute atomic E-state index is 13.8. The van der Waals surface area contributed by atoms with Gasteiger partial charge in [0.05, 0.1) is 18.3 Å². The molecule has 22 heavy (non-hydrogen) atoms. The summed E-state index contributed by atoms with van der Waals surface area (Å²) in [5.41, 5.74) is 2.42. The highest BCUT2D eigenvalue weighted by molar-refractivity contribution is 5.75. The molecule has 114 valence electrons. The Morgan fingerprint density at radius 2 is 2.32 bits per heavy atom. The van der Waals surface area contributed by atoms with Gasteiger partial charge in [-0.05, 0) is 31.5 Å². The largest absolute Gasteiger partial charge is 0.341 e. The second kappa shape index (κ2) is 5.21. The molecule has 1 N–H and O–H groups in total. The number of imidazole rings is 1. The fourth-order valence-corrected chi connectivity index (χ4v) is 3.32. The van der Waals surface area contributed by atoms with E-state index < -0.39 is 0 Å². The normalized spacial score (nSPS) is 19.3. The van der Waals surface area contributed by atoms with Gasteiger partial charge < -0.3 is 4.98 Å². The van der Waals surface area contributed by atoms with Crippen LogP contribution in [0.15, 0.2) is 30.6 Å². The molecule has 1 aromatic carbocycles. The van der Waals surface area contributed by atoms with Gasteiger partial charge in [0.2, 0.25) is 0 Å². The van der Waals surface area contributed by atoms with Gasteiger partial charge in [0.15, 0.2) is 5.82 Å². The fourth-order valence-electron chi connectivity index (χ4n) is 3.32. The predicted molar refractivity (Wildman–Crippen MR) is 81.6 cm³/mol. The van der Waals surface area contributed by atoms with E-state index in [2.05, 4.69) is 26.2 Å². The molecule has 1 saturated heterocycles. The van der Waals surface area contributed by atoms with Crippen LogP contribution in [0.4, 0.5) is 4.39 Å². The summed E-state index contributed by atoms with van der Waals surface area (Å²) in [4.78, 5) is 10.0. The molecule has 1 atom stereocenters. The van der Waals surface area contributed by atoms with Crippen LogP contribution in [0.5, 0.6) is 0 Å². The van der Waals surface area contributed by atoms with Crippen LogP contribution in [-0.4, -0.2) is 31.2 Å². The highest BCUT2D eigenvalue weighted by Gasteiger charge is 2.27. The first-order chi connectivity index (χ1) is 10.7. The van der Waals surface area contributed by atoms with Crippen molar-refractivity contribution in [1.82, 2.24) is 24.6 Å². The molecule has 4 rings (SSSR count). The summed E-state index contributed by atoms with van der Waals surface area (Å²) in [6.45, 7) is 1.73. The third kappa shape index (κ3) is 2.29. The molecular formula is C16H18FN5. The van der Waals surface area contributed by atoms with Crippen LogP contribution in [0, 0.1) is 5.82 Å². The number of aryl methyl sites for hydroxylation is 1. The number of rotatable bonds is 3. The lowest BCUT2D eigenvalue weighted by molar-refractivity contribution is 0.243. The van der Waals surface area contributed by atoms with Crippen LogP contribution in [0.2, 0.25) is 0 Å². The van der Waals surface area contributed by atoms with Gasteiger partial charge in [0.25, 0.3) is 0 Å². The summed E-state index contributed by atoms with van der Waals surface area (Å²) in [5, 5.41) is 4.27. The van der Waals surface area contributed by atoms with Crippen molar-refractivity contribution < 1.29 is 4.39 Å². The number of halogens is 1. The SMILES string of the molecule is Cn1cc([C@@H]2CCCN2Cc2nc3c(F)cccc3[nH]2)cn1. The third-order valence-electron chi connectivity index (χ3n) is 4.34. The zero-order valence-electron chi connectivity index (χ0n) is 12.5. The minimum absolute atomic E-state index is 0.273. The van der Waals surface area contributed by atoms with E-state index in [1.165, 1.54) is 11.6 Å². The molecule has 2 aromatic heterocycles. The van der Waals surface area contributed by atoms with E-state index in [1.54, 1.807) is 6.07 Å². The van der Waals surface area contributed by atoms with Gasteiger partial charge in [-0.15, -0.1) is 0 Å². The van der Waals surface area contributed by atoms with Crippen molar-refractivity contribution in [2.24, 2.45) is 7.05 Å². The molecule has 5 nitrogen and oxygen atoms in total. The van der Waals surface area contributed by atoms with Gasteiger partial charge >= 0.3 is 0 Å². The maximum atomic E-state index is 13.8. The number of hydrogen-bond donors (Lipinski definition) is 1. The van der Waals surface area contributed by atoms with Crippen LogP contribution in [0.3, 0.4) is 0 Å². The Bertz CT molecular complexity index is 806. The molecule has 0 unspecified atom stereocenters. The molecule has 0 aliphatic carbocycles. The molecule has 3 aromatic rings. The van der Waals surface area contributed by atoms with Gasteiger partial charge in [-0.2, -0.15) is 5.10 Å². The smallest absolute Gasteiger partial charge is 0.151 e. The number of H-pyrrole nitrogens is 1. The lowest BCUT2D eigenvalue weighted by Gasteiger charge is -2.22. The fraction of sp³-hybridized carbons (Fsp3) is 0.375. The number of likely N-dealkylation sites (tertiary alicyclic amines) is 1. The van der Waals surface area contributed by atoms with E-state index in [0.717, 1.165) is 30.7 Å². The number of fused-ring (bicyclic) bond motifs is 1. The Morgan fingerprint density at radius 3 is 3.09 bits per heavy atom.